The standard InChI is InChI=1S/C17H17N5O/c23-17-21-16(19-11-9-14-6-2-1-3-7-14)20-13-22(17)12-15-8-4-5-10-18-15/h1-8,10,13H,9,11-12H2,(H,19,21,23). The first-order valence-corrected chi connectivity index (χ1v) is 7.42. The highest BCUT2D eigenvalue weighted by atomic mass is 16.1. The van der Waals surface area contributed by atoms with Crippen molar-refractivity contribution in [2.45, 2.75) is 13.0 Å². The molecule has 0 radical (unpaired) electrons. The highest BCUT2D eigenvalue weighted by Crippen LogP contribution is 2.01. The van der Waals surface area contributed by atoms with Gasteiger partial charge in [0.1, 0.15) is 6.33 Å². The van der Waals surface area contributed by atoms with Crippen LogP contribution in [-0.4, -0.2) is 26.1 Å². The number of aromatic nitrogens is 4. The van der Waals surface area contributed by atoms with E-state index in [-0.39, 0.29) is 5.69 Å². The van der Waals surface area contributed by atoms with E-state index in [0.717, 1.165) is 12.1 Å². The van der Waals surface area contributed by atoms with Crippen molar-refractivity contribution in [1.29, 1.82) is 0 Å². The van der Waals surface area contributed by atoms with E-state index in [0.29, 0.717) is 19.0 Å². The smallest absolute Gasteiger partial charge is 0.352 e. The highest BCUT2D eigenvalue weighted by Gasteiger charge is 2.03. The molecule has 0 spiro atoms. The zero-order valence-corrected chi connectivity index (χ0v) is 12.6. The molecule has 0 unspecified atom stereocenters. The Morgan fingerprint density at radius 1 is 1.00 bits per heavy atom. The van der Waals surface area contributed by atoms with Gasteiger partial charge in [-0.25, -0.2) is 9.78 Å². The van der Waals surface area contributed by atoms with Crippen molar-refractivity contribution < 1.29 is 0 Å². The molecule has 6 nitrogen and oxygen atoms in total. The fraction of sp³-hybridized carbons (Fsp3) is 0.176. The molecular weight excluding hydrogens is 290 g/mol. The van der Waals surface area contributed by atoms with E-state index in [9.17, 15) is 4.79 Å². The number of nitrogens with zero attached hydrogens (tertiary/aromatic N) is 4. The van der Waals surface area contributed by atoms with Crippen LogP contribution in [-0.2, 0) is 13.0 Å². The maximum atomic E-state index is 12.0. The van der Waals surface area contributed by atoms with Gasteiger partial charge in [-0.3, -0.25) is 9.55 Å². The summed E-state index contributed by atoms with van der Waals surface area (Å²) in [7, 11) is 0. The number of hydrogen-bond acceptors (Lipinski definition) is 5. The number of benzene rings is 1. The summed E-state index contributed by atoms with van der Waals surface area (Å²) < 4.78 is 1.44. The van der Waals surface area contributed by atoms with Gasteiger partial charge in [0, 0.05) is 12.7 Å². The molecule has 116 valence electrons. The van der Waals surface area contributed by atoms with Crippen LogP contribution in [0.4, 0.5) is 5.95 Å². The SMILES string of the molecule is O=c1nc(NCCc2ccccc2)ncn1Cc1ccccn1. The van der Waals surface area contributed by atoms with Gasteiger partial charge in [0.25, 0.3) is 0 Å². The van der Waals surface area contributed by atoms with Gasteiger partial charge < -0.3 is 5.32 Å². The molecule has 0 aliphatic carbocycles. The van der Waals surface area contributed by atoms with Gasteiger partial charge in [-0.1, -0.05) is 36.4 Å². The lowest BCUT2D eigenvalue weighted by atomic mass is 10.1. The van der Waals surface area contributed by atoms with Crippen LogP contribution in [0.5, 0.6) is 0 Å². The summed E-state index contributed by atoms with van der Waals surface area (Å²) in [6.07, 6.45) is 4.04. The second kappa shape index (κ2) is 7.31. The van der Waals surface area contributed by atoms with Crippen molar-refractivity contribution in [3.63, 3.8) is 0 Å². The van der Waals surface area contributed by atoms with E-state index in [1.807, 2.05) is 36.4 Å². The minimum absolute atomic E-state index is 0.340. The summed E-state index contributed by atoms with van der Waals surface area (Å²) in [6.45, 7) is 1.04. The molecule has 0 amide bonds. The normalized spacial score (nSPS) is 10.4. The third-order valence-electron chi connectivity index (χ3n) is 3.36. The maximum absolute atomic E-state index is 12.0. The summed E-state index contributed by atoms with van der Waals surface area (Å²) in [5.74, 6) is 0.350. The third kappa shape index (κ3) is 4.23. The highest BCUT2D eigenvalue weighted by molar-refractivity contribution is 5.23. The number of rotatable bonds is 6. The Morgan fingerprint density at radius 3 is 2.57 bits per heavy atom. The Bertz CT molecular complexity index is 802. The van der Waals surface area contributed by atoms with E-state index >= 15 is 0 Å². The lowest BCUT2D eigenvalue weighted by Crippen LogP contribution is -2.26. The molecule has 0 aliphatic heterocycles. The summed E-state index contributed by atoms with van der Waals surface area (Å²) >= 11 is 0. The van der Waals surface area contributed by atoms with Gasteiger partial charge in [-0.2, -0.15) is 4.98 Å². The fourth-order valence-corrected chi connectivity index (χ4v) is 2.18. The van der Waals surface area contributed by atoms with Crippen LogP contribution in [0, 0.1) is 0 Å². The van der Waals surface area contributed by atoms with Crippen molar-refractivity contribution in [2.75, 3.05) is 11.9 Å². The molecule has 0 bridgehead atoms. The third-order valence-corrected chi connectivity index (χ3v) is 3.36. The van der Waals surface area contributed by atoms with E-state index in [1.54, 1.807) is 6.20 Å². The second-order valence-electron chi connectivity index (χ2n) is 5.07. The van der Waals surface area contributed by atoms with Crippen LogP contribution in [0.1, 0.15) is 11.3 Å². The number of hydrogen-bond donors (Lipinski definition) is 1. The number of pyridine rings is 1. The minimum atomic E-state index is -0.340. The first kappa shape index (κ1) is 14.9. The Balaban J connectivity index is 1.60. The van der Waals surface area contributed by atoms with Crippen LogP contribution in [0.2, 0.25) is 0 Å². The molecule has 1 N–H and O–H groups in total. The predicted octanol–water partition coefficient (Wildman–Crippen LogP) is 1.74. The molecule has 1 aromatic carbocycles. The second-order valence-corrected chi connectivity index (χ2v) is 5.07. The van der Waals surface area contributed by atoms with Crippen LogP contribution < -0.4 is 11.0 Å². The van der Waals surface area contributed by atoms with Crippen molar-refractivity contribution in [2.24, 2.45) is 0 Å². The summed E-state index contributed by atoms with van der Waals surface area (Å²) in [5.41, 5.74) is 1.68. The topological polar surface area (TPSA) is 72.7 Å². The molecular formula is C17H17N5O. The van der Waals surface area contributed by atoms with Crippen molar-refractivity contribution in [3.8, 4) is 0 Å². The van der Waals surface area contributed by atoms with Crippen LogP contribution in [0.25, 0.3) is 0 Å². The predicted molar refractivity (Wildman–Crippen MR) is 88.3 cm³/mol. The molecule has 0 atom stereocenters. The Kier molecular flexibility index (Phi) is 4.73. The number of anilines is 1. The zero-order chi connectivity index (χ0) is 15.9. The van der Waals surface area contributed by atoms with Gasteiger partial charge in [-0.05, 0) is 24.1 Å². The average molecular weight is 307 g/mol. The average Bonchev–Trinajstić information content (AvgIpc) is 2.59. The van der Waals surface area contributed by atoms with Crippen LogP contribution >= 0.6 is 0 Å². The molecule has 2 heterocycles. The van der Waals surface area contributed by atoms with Gasteiger partial charge in [0.15, 0.2) is 0 Å². The quantitative estimate of drug-likeness (QED) is 0.751. The minimum Gasteiger partial charge on any atom is -0.354 e. The molecule has 6 heteroatoms. The van der Waals surface area contributed by atoms with Crippen molar-refractivity contribution in [1.82, 2.24) is 19.5 Å². The van der Waals surface area contributed by atoms with Crippen LogP contribution in [0.15, 0.2) is 65.8 Å². The van der Waals surface area contributed by atoms with Crippen molar-refractivity contribution in [3.05, 3.63) is 82.8 Å². The van der Waals surface area contributed by atoms with Crippen LogP contribution in [0.3, 0.4) is 0 Å². The molecule has 0 aliphatic rings. The number of nitrogens with one attached hydrogen (secondary N) is 1. The van der Waals surface area contributed by atoms with Gasteiger partial charge >= 0.3 is 5.69 Å². The molecule has 0 fully saturated rings. The van der Waals surface area contributed by atoms with E-state index < -0.39 is 0 Å². The van der Waals surface area contributed by atoms with E-state index in [2.05, 4.69) is 32.4 Å². The zero-order valence-electron chi connectivity index (χ0n) is 12.6. The molecule has 2 aromatic heterocycles. The Hall–Kier alpha value is -3.02. The summed E-state index contributed by atoms with van der Waals surface area (Å²) in [4.78, 5) is 24.3. The Morgan fingerprint density at radius 2 is 1.83 bits per heavy atom. The molecule has 0 saturated heterocycles. The molecule has 0 saturated carbocycles. The van der Waals surface area contributed by atoms with Gasteiger partial charge in [0.2, 0.25) is 5.95 Å². The lowest BCUT2D eigenvalue weighted by molar-refractivity contribution is 0.687. The van der Waals surface area contributed by atoms with Gasteiger partial charge in [-0.15, -0.1) is 0 Å². The van der Waals surface area contributed by atoms with Gasteiger partial charge in [0.05, 0.1) is 12.2 Å². The van der Waals surface area contributed by atoms with Crippen molar-refractivity contribution >= 4 is 5.95 Å². The first-order valence-electron chi connectivity index (χ1n) is 7.42. The summed E-state index contributed by atoms with van der Waals surface area (Å²) in [6, 6.07) is 15.7. The largest absolute Gasteiger partial charge is 0.354 e. The van der Waals surface area contributed by atoms with E-state index in [1.165, 1.54) is 16.5 Å². The summed E-state index contributed by atoms with van der Waals surface area (Å²) in [5, 5.41) is 3.07. The van der Waals surface area contributed by atoms with E-state index in [4.69, 9.17) is 0 Å². The Labute approximate surface area is 133 Å². The molecule has 23 heavy (non-hydrogen) atoms. The lowest BCUT2D eigenvalue weighted by Gasteiger charge is -2.07. The molecule has 3 aromatic rings. The monoisotopic (exact) mass is 307 g/mol. The fourth-order valence-electron chi connectivity index (χ4n) is 2.18. The molecule has 3 rings (SSSR count). The first-order chi connectivity index (χ1) is 11.3. The maximum Gasteiger partial charge on any atom is 0.352 e.